The average Bonchev–Trinajstić information content (AvgIpc) is 2.35. The summed E-state index contributed by atoms with van der Waals surface area (Å²) in [6.45, 7) is 1.34. The largest absolute Gasteiger partial charge is 0.274 e. The van der Waals surface area contributed by atoms with Crippen LogP contribution >= 0.6 is 0 Å². The quantitative estimate of drug-likeness (QED) is 0.729. The third-order valence-electron chi connectivity index (χ3n) is 2.39. The summed E-state index contributed by atoms with van der Waals surface area (Å²) in [6, 6.07) is 13.1. The highest BCUT2D eigenvalue weighted by Gasteiger charge is 2.08. The summed E-state index contributed by atoms with van der Waals surface area (Å²) in [5.74, 6) is -0.629. The van der Waals surface area contributed by atoms with Crippen molar-refractivity contribution in [2.75, 3.05) is 0 Å². The molecular formula is C13H12N2O2. The highest BCUT2D eigenvalue weighted by atomic mass is 16.2. The zero-order valence-electron chi connectivity index (χ0n) is 9.36. The molecule has 2 rings (SSSR count). The van der Waals surface area contributed by atoms with Crippen LogP contribution in [0.2, 0.25) is 0 Å². The Morgan fingerprint density at radius 3 is 2.41 bits per heavy atom. The molecular weight excluding hydrogens is 216 g/mol. The van der Waals surface area contributed by atoms with Crippen LogP contribution in [0, 0.1) is 0 Å². The topological polar surface area (TPSA) is 58.2 Å². The molecule has 0 spiro atoms. The van der Waals surface area contributed by atoms with Gasteiger partial charge >= 0.3 is 0 Å². The Kier molecular flexibility index (Phi) is 3.05. The first-order valence-electron chi connectivity index (χ1n) is 5.23. The summed E-state index contributed by atoms with van der Waals surface area (Å²) in [5, 5.41) is 1.85. The molecule has 4 heteroatoms. The lowest BCUT2D eigenvalue weighted by Crippen LogP contribution is -2.40. The SMILES string of the molecule is CC(=O)NNC(=O)c1cccc2ccccc12. The maximum atomic E-state index is 11.8. The second-order valence-corrected chi connectivity index (χ2v) is 3.66. The van der Waals surface area contributed by atoms with E-state index in [2.05, 4.69) is 10.9 Å². The van der Waals surface area contributed by atoms with E-state index in [4.69, 9.17) is 0 Å². The predicted octanol–water partition coefficient (Wildman–Crippen LogP) is 1.62. The number of hydrazine groups is 1. The zero-order valence-corrected chi connectivity index (χ0v) is 9.36. The van der Waals surface area contributed by atoms with Crippen molar-refractivity contribution in [3.05, 3.63) is 48.0 Å². The Bertz CT molecular complexity index is 573. The lowest BCUT2D eigenvalue weighted by Gasteiger charge is -2.07. The third kappa shape index (κ3) is 2.42. The first-order valence-corrected chi connectivity index (χ1v) is 5.23. The molecule has 0 aliphatic rings. The monoisotopic (exact) mass is 228 g/mol. The van der Waals surface area contributed by atoms with Gasteiger partial charge in [0.05, 0.1) is 0 Å². The Balaban J connectivity index is 2.35. The second kappa shape index (κ2) is 4.65. The van der Waals surface area contributed by atoms with Crippen molar-refractivity contribution >= 4 is 22.6 Å². The van der Waals surface area contributed by atoms with Gasteiger partial charge in [-0.2, -0.15) is 0 Å². The van der Waals surface area contributed by atoms with E-state index in [1.165, 1.54) is 6.92 Å². The molecule has 0 saturated heterocycles. The fourth-order valence-electron chi connectivity index (χ4n) is 1.64. The number of rotatable bonds is 1. The van der Waals surface area contributed by atoms with Gasteiger partial charge in [-0.25, -0.2) is 0 Å². The van der Waals surface area contributed by atoms with Gasteiger partial charge in [-0.15, -0.1) is 0 Å². The summed E-state index contributed by atoms with van der Waals surface area (Å²) < 4.78 is 0. The standard InChI is InChI=1S/C13H12N2O2/c1-9(16)14-15-13(17)12-8-4-6-10-5-2-3-7-11(10)12/h2-8H,1H3,(H,14,16)(H,15,17). The molecule has 4 nitrogen and oxygen atoms in total. The van der Waals surface area contributed by atoms with Crippen LogP contribution in [-0.2, 0) is 4.79 Å². The van der Waals surface area contributed by atoms with Crippen molar-refractivity contribution < 1.29 is 9.59 Å². The highest BCUT2D eigenvalue weighted by Crippen LogP contribution is 2.17. The zero-order chi connectivity index (χ0) is 12.3. The Morgan fingerprint density at radius 1 is 0.941 bits per heavy atom. The summed E-state index contributed by atoms with van der Waals surface area (Å²) in [6.07, 6.45) is 0. The molecule has 0 aliphatic carbocycles. The first kappa shape index (κ1) is 11.1. The number of fused-ring (bicyclic) bond motifs is 1. The Morgan fingerprint density at radius 2 is 1.65 bits per heavy atom. The number of hydrogen-bond acceptors (Lipinski definition) is 2. The molecule has 86 valence electrons. The minimum absolute atomic E-state index is 0.307. The van der Waals surface area contributed by atoms with Crippen molar-refractivity contribution in [1.82, 2.24) is 10.9 Å². The lowest BCUT2D eigenvalue weighted by atomic mass is 10.0. The van der Waals surface area contributed by atoms with Crippen molar-refractivity contribution in [3.63, 3.8) is 0 Å². The molecule has 0 unspecified atom stereocenters. The lowest BCUT2D eigenvalue weighted by molar-refractivity contribution is -0.119. The Labute approximate surface area is 98.6 Å². The van der Waals surface area contributed by atoms with Crippen LogP contribution in [0.4, 0.5) is 0 Å². The van der Waals surface area contributed by atoms with Crippen LogP contribution in [0.25, 0.3) is 10.8 Å². The third-order valence-corrected chi connectivity index (χ3v) is 2.39. The van der Waals surface area contributed by atoms with E-state index >= 15 is 0 Å². The fraction of sp³-hybridized carbons (Fsp3) is 0.0769. The van der Waals surface area contributed by atoms with Gasteiger partial charge in [-0.05, 0) is 16.8 Å². The molecule has 2 amide bonds. The van der Waals surface area contributed by atoms with Gasteiger partial charge in [0.1, 0.15) is 0 Å². The minimum Gasteiger partial charge on any atom is -0.274 e. The van der Waals surface area contributed by atoms with Crippen LogP contribution in [-0.4, -0.2) is 11.8 Å². The summed E-state index contributed by atoms with van der Waals surface area (Å²) in [4.78, 5) is 22.6. The molecule has 2 aromatic rings. The Hall–Kier alpha value is -2.36. The van der Waals surface area contributed by atoms with Gasteiger partial charge in [-0.3, -0.25) is 20.4 Å². The molecule has 0 radical (unpaired) electrons. The van der Waals surface area contributed by atoms with E-state index < -0.39 is 0 Å². The summed E-state index contributed by atoms with van der Waals surface area (Å²) in [7, 11) is 0. The molecule has 0 heterocycles. The number of carbonyl (C=O) groups is 2. The number of carbonyl (C=O) groups excluding carboxylic acids is 2. The van der Waals surface area contributed by atoms with Crippen LogP contribution in [0.15, 0.2) is 42.5 Å². The van der Waals surface area contributed by atoms with Gasteiger partial charge in [-0.1, -0.05) is 36.4 Å². The maximum absolute atomic E-state index is 11.8. The van der Waals surface area contributed by atoms with E-state index in [1.807, 2.05) is 36.4 Å². The van der Waals surface area contributed by atoms with E-state index in [0.717, 1.165) is 10.8 Å². The predicted molar refractivity (Wildman–Crippen MR) is 65.2 cm³/mol. The summed E-state index contributed by atoms with van der Waals surface area (Å²) >= 11 is 0. The van der Waals surface area contributed by atoms with Gasteiger partial charge in [0.25, 0.3) is 5.91 Å². The van der Waals surface area contributed by atoms with Crippen molar-refractivity contribution in [1.29, 1.82) is 0 Å². The number of nitrogens with one attached hydrogen (secondary N) is 2. The molecule has 17 heavy (non-hydrogen) atoms. The number of amides is 2. The van der Waals surface area contributed by atoms with Gasteiger partial charge in [0.2, 0.25) is 5.91 Å². The fourth-order valence-corrected chi connectivity index (χ4v) is 1.64. The van der Waals surface area contributed by atoms with E-state index in [9.17, 15) is 9.59 Å². The maximum Gasteiger partial charge on any atom is 0.270 e. The van der Waals surface area contributed by atoms with E-state index in [1.54, 1.807) is 6.07 Å². The first-order chi connectivity index (χ1) is 8.18. The average molecular weight is 228 g/mol. The van der Waals surface area contributed by atoms with Gasteiger partial charge in [0.15, 0.2) is 0 Å². The van der Waals surface area contributed by atoms with Crippen molar-refractivity contribution in [2.24, 2.45) is 0 Å². The van der Waals surface area contributed by atoms with E-state index in [-0.39, 0.29) is 11.8 Å². The van der Waals surface area contributed by atoms with Crippen LogP contribution in [0.1, 0.15) is 17.3 Å². The number of benzene rings is 2. The second-order valence-electron chi connectivity index (χ2n) is 3.66. The van der Waals surface area contributed by atoms with Gasteiger partial charge < -0.3 is 0 Å². The van der Waals surface area contributed by atoms with Crippen molar-refractivity contribution in [3.8, 4) is 0 Å². The van der Waals surface area contributed by atoms with Crippen molar-refractivity contribution in [2.45, 2.75) is 6.92 Å². The molecule has 0 saturated carbocycles. The molecule has 0 fully saturated rings. The molecule has 0 bridgehead atoms. The molecule has 0 atom stereocenters. The smallest absolute Gasteiger partial charge is 0.270 e. The minimum atomic E-state index is -0.322. The van der Waals surface area contributed by atoms with Crippen LogP contribution in [0.5, 0.6) is 0 Å². The van der Waals surface area contributed by atoms with E-state index in [0.29, 0.717) is 5.56 Å². The summed E-state index contributed by atoms with van der Waals surface area (Å²) in [5.41, 5.74) is 5.16. The normalized spacial score (nSPS) is 9.94. The molecule has 2 aromatic carbocycles. The van der Waals surface area contributed by atoms with Crippen LogP contribution < -0.4 is 10.9 Å². The number of hydrogen-bond donors (Lipinski definition) is 2. The van der Waals surface area contributed by atoms with Gasteiger partial charge in [0, 0.05) is 12.5 Å². The van der Waals surface area contributed by atoms with Crippen LogP contribution in [0.3, 0.4) is 0 Å². The highest BCUT2D eigenvalue weighted by molar-refractivity contribution is 6.07. The molecule has 0 aliphatic heterocycles. The molecule has 2 N–H and O–H groups in total. The molecule has 0 aromatic heterocycles.